The van der Waals surface area contributed by atoms with Crippen molar-refractivity contribution in [3.05, 3.63) is 0 Å². The Morgan fingerprint density at radius 1 is 0.909 bits per heavy atom. The van der Waals surface area contributed by atoms with Gasteiger partial charge in [-0.2, -0.15) is 0 Å². The SMILES string of the molecule is CC1O[C@@H](O[C@H]2CC[C@@]3(C)[C@H](CC[C@@H]4[C@@H]3CC[C@]3(C)[C@@H](CN)CC[C@]43O)C2)C(O)[C@@H](O)[C@H]1O. The average Bonchev–Trinajstić information content (AvgIpc) is 3.06. The van der Waals surface area contributed by atoms with Crippen LogP contribution in [0.25, 0.3) is 0 Å². The van der Waals surface area contributed by atoms with E-state index in [0.717, 1.165) is 51.4 Å². The molecule has 1 heterocycles. The van der Waals surface area contributed by atoms with E-state index >= 15 is 0 Å². The van der Waals surface area contributed by atoms with Gasteiger partial charge in [0.05, 0.1) is 17.8 Å². The minimum absolute atomic E-state index is 0.0287. The van der Waals surface area contributed by atoms with Crippen LogP contribution in [0.2, 0.25) is 0 Å². The molecule has 5 rings (SSSR count). The van der Waals surface area contributed by atoms with Gasteiger partial charge in [-0.1, -0.05) is 13.8 Å². The van der Waals surface area contributed by atoms with E-state index in [2.05, 4.69) is 13.8 Å². The van der Waals surface area contributed by atoms with Crippen LogP contribution in [0.1, 0.15) is 78.6 Å². The third-order valence-electron chi connectivity index (χ3n) is 11.4. The van der Waals surface area contributed by atoms with Crippen LogP contribution in [0.5, 0.6) is 0 Å². The van der Waals surface area contributed by atoms with Gasteiger partial charge in [-0.25, -0.2) is 0 Å². The maximum absolute atomic E-state index is 12.1. The first-order valence-electron chi connectivity index (χ1n) is 13.3. The lowest BCUT2D eigenvalue weighted by Gasteiger charge is -2.63. The summed E-state index contributed by atoms with van der Waals surface area (Å²) in [4.78, 5) is 0. The van der Waals surface area contributed by atoms with E-state index < -0.39 is 36.3 Å². The van der Waals surface area contributed by atoms with Crippen LogP contribution in [0.3, 0.4) is 0 Å². The van der Waals surface area contributed by atoms with E-state index in [0.29, 0.717) is 30.2 Å². The molecule has 2 unspecified atom stereocenters. The van der Waals surface area contributed by atoms with Gasteiger partial charge in [0.1, 0.15) is 18.3 Å². The molecular weight excluding hydrogens is 422 g/mol. The van der Waals surface area contributed by atoms with Crippen molar-refractivity contribution in [1.82, 2.24) is 0 Å². The quantitative estimate of drug-likeness (QED) is 0.402. The summed E-state index contributed by atoms with van der Waals surface area (Å²) in [6, 6.07) is 0. The predicted molar refractivity (Wildman–Crippen MR) is 123 cm³/mol. The van der Waals surface area contributed by atoms with Gasteiger partial charge in [0.2, 0.25) is 0 Å². The highest BCUT2D eigenvalue weighted by Gasteiger charge is 2.67. The summed E-state index contributed by atoms with van der Waals surface area (Å²) < 4.78 is 11.9. The lowest BCUT2D eigenvalue weighted by molar-refractivity contribution is -0.310. The molecule has 6 N–H and O–H groups in total. The fraction of sp³-hybridized carbons (Fsp3) is 1.00. The van der Waals surface area contributed by atoms with Crippen LogP contribution >= 0.6 is 0 Å². The van der Waals surface area contributed by atoms with Crippen molar-refractivity contribution in [1.29, 1.82) is 0 Å². The Kier molecular flexibility index (Phi) is 6.21. The molecular formula is C26H45NO6. The second-order valence-electron chi connectivity index (χ2n) is 12.6. The highest BCUT2D eigenvalue weighted by atomic mass is 16.7. The number of aliphatic hydroxyl groups excluding tert-OH is 3. The monoisotopic (exact) mass is 467 g/mol. The molecule has 0 aromatic rings. The molecule has 0 amide bonds. The lowest BCUT2D eigenvalue weighted by Crippen LogP contribution is -2.63. The van der Waals surface area contributed by atoms with Gasteiger partial charge >= 0.3 is 0 Å². The Morgan fingerprint density at radius 2 is 1.67 bits per heavy atom. The fourth-order valence-corrected chi connectivity index (χ4v) is 9.11. The van der Waals surface area contributed by atoms with Crippen LogP contribution in [0, 0.1) is 34.5 Å². The summed E-state index contributed by atoms with van der Waals surface area (Å²) >= 11 is 0. The molecule has 5 fully saturated rings. The van der Waals surface area contributed by atoms with Crippen molar-refractivity contribution in [3.63, 3.8) is 0 Å². The van der Waals surface area contributed by atoms with Gasteiger partial charge in [-0.05, 0) is 100 Å². The van der Waals surface area contributed by atoms with Gasteiger partial charge in [0.25, 0.3) is 0 Å². The smallest absolute Gasteiger partial charge is 0.186 e. The van der Waals surface area contributed by atoms with E-state index in [9.17, 15) is 20.4 Å². The highest BCUT2D eigenvalue weighted by molar-refractivity contribution is 5.17. The summed E-state index contributed by atoms with van der Waals surface area (Å²) in [5, 5.41) is 42.5. The number of ether oxygens (including phenoxy) is 2. The zero-order valence-electron chi connectivity index (χ0n) is 20.5. The van der Waals surface area contributed by atoms with Crippen LogP contribution in [-0.2, 0) is 9.47 Å². The molecule has 190 valence electrons. The second kappa shape index (κ2) is 8.39. The number of fused-ring (bicyclic) bond motifs is 5. The Morgan fingerprint density at radius 3 is 2.39 bits per heavy atom. The summed E-state index contributed by atoms with van der Waals surface area (Å²) in [6.07, 6.45) is 4.03. The number of rotatable bonds is 3. The maximum Gasteiger partial charge on any atom is 0.186 e. The van der Waals surface area contributed by atoms with Crippen molar-refractivity contribution in [2.45, 2.75) is 121 Å². The molecule has 0 spiro atoms. The van der Waals surface area contributed by atoms with Crippen molar-refractivity contribution in [2.24, 2.45) is 40.2 Å². The van der Waals surface area contributed by atoms with Gasteiger partial charge in [0.15, 0.2) is 6.29 Å². The predicted octanol–water partition coefficient (Wildman–Crippen LogP) is 1.93. The Bertz CT molecular complexity index is 738. The molecule has 7 heteroatoms. The van der Waals surface area contributed by atoms with E-state index in [1.165, 1.54) is 6.42 Å². The van der Waals surface area contributed by atoms with Crippen LogP contribution < -0.4 is 5.73 Å². The first-order valence-corrected chi connectivity index (χ1v) is 13.3. The first-order chi connectivity index (χ1) is 15.5. The molecule has 7 nitrogen and oxygen atoms in total. The van der Waals surface area contributed by atoms with Crippen molar-refractivity contribution >= 4 is 0 Å². The zero-order valence-corrected chi connectivity index (χ0v) is 20.5. The molecule has 1 saturated heterocycles. The molecule has 4 saturated carbocycles. The fourth-order valence-electron chi connectivity index (χ4n) is 9.11. The van der Waals surface area contributed by atoms with Gasteiger partial charge in [-0.3, -0.25) is 0 Å². The van der Waals surface area contributed by atoms with E-state index in [1.54, 1.807) is 6.92 Å². The highest BCUT2D eigenvalue weighted by Crippen LogP contribution is 2.68. The van der Waals surface area contributed by atoms with Crippen molar-refractivity contribution in [3.8, 4) is 0 Å². The standard InChI is InChI=1S/C26H45NO6/c1-14-20(28)21(29)22(30)23(32-14)33-17-7-9-24(2)15(12-17)4-5-19-18(24)8-10-25(3)16(13-27)6-11-26(19,25)31/h14-23,28-31H,4-13,27H2,1-3H3/t14?,15-,16-,17+,18+,19-,20+,21+,22?,23+,24+,25-,26+/m1/s1. The summed E-state index contributed by atoms with van der Waals surface area (Å²) in [6.45, 7) is 7.11. The van der Waals surface area contributed by atoms with E-state index in [-0.39, 0.29) is 16.9 Å². The van der Waals surface area contributed by atoms with Gasteiger partial charge < -0.3 is 35.6 Å². The molecule has 0 aromatic carbocycles. The molecule has 1 aliphatic heterocycles. The first kappa shape index (κ1) is 24.4. The van der Waals surface area contributed by atoms with Crippen LogP contribution in [0.15, 0.2) is 0 Å². The Balaban J connectivity index is 1.28. The third kappa shape index (κ3) is 3.48. The Labute approximate surface area is 198 Å². The number of hydrogen-bond acceptors (Lipinski definition) is 7. The normalized spacial score (nSPS) is 58.9. The summed E-state index contributed by atoms with van der Waals surface area (Å²) in [7, 11) is 0. The van der Waals surface area contributed by atoms with Crippen molar-refractivity contribution in [2.75, 3.05) is 6.54 Å². The molecule has 5 aliphatic rings. The maximum atomic E-state index is 12.1. The Hall–Kier alpha value is -0.280. The average molecular weight is 468 g/mol. The topological polar surface area (TPSA) is 125 Å². The lowest BCUT2D eigenvalue weighted by atomic mass is 9.43. The van der Waals surface area contributed by atoms with E-state index in [1.807, 2.05) is 0 Å². The van der Waals surface area contributed by atoms with Crippen molar-refractivity contribution < 1.29 is 29.9 Å². The minimum atomic E-state index is -1.26. The summed E-state index contributed by atoms with van der Waals surface area (Å²) in [5.74, 6) is 1.83. The van der Waals surface area contributed by atoms with Crippen LogP contribution in [-0.4, -0.2) is 69.4 Å². The molecule has 13 atom stereocenters. The largest absolute Gasteiger partial charge is 0.389 e. The van der Waals surface area contributed by atoms with Crippen LogP contribution in [0.4, 0.5) is 0 Å². The molecule has 0 radical (unpaired) electrons. The molecule has 0 bridgehead atoms. The third-order valence-corrected chi connectivity index (χ3v) is 11.4. The molecule has 33 heavy (non-hydrogen) atoms. The number of hydrogen-bond donors (Lipinski definition) is 5. The number of nitrogens with two attached hydrogens (primary N) is 1. The molecule has 4 aliphatic carbocycles. The van der Waals surface area contributed by atoms with E-state index in [4.69, 9.17) is 15.2 Å². The minimum Gasteiger partial charge on any atom is -0.389 e. The second-order valence-corrected chi connectivity index (χ2v) is 12.6. The zero-order chi connectivity index (χ0) is 23.8. The molecule has 0 aromatic heterocycles. The van der Waals surface area contributed by atoms with Gasteiger partial charge in [-0.15, -0.1) is 0 Å². The number of aliphatic hydroxyl groups is 4. The summed E-state index contributed by atoms with van der Waals surface area (Å²) in [5.41, 5.74) is 5.68. The van der Waals surface area contributed by atoms with Gasteiger partial charge in [0, 0.05) is 5.41 Å².